The van der Waals surface area contributed by atoms with Gasteiger partial charge in [-0.25, -0.2) is 17.9 Å². The zero-order valence-electron chi connectivity index (χ0n) is 17.5. The summed E-state index contributed by atoms with van der Waals surface area (Å²) in [5.41, 5.74) is 0. The molecule has 37 heavy (non-hydrogen) atoms. The summed E-state index contributed by atoms with van der Waals surface area (Å²) in [6.45, 7) is 2.35. The maximum absolute atomic E-state index is 13.4. The SMILES string of the molecule is C=CC(=O)OC.CCNS(=O)(=O)C(F)(F)C(F)(F)C(F)(F)C(F)(F)C(F)(F)C(F)(F)C(F)(F)C(F)(F)F. The zero-order valence-corrected chi connectivity index (χ0v) is 18.3. The van der Waals surface area contributed by atoms with E-state index in [1.54, 1.807) is 0 Å². The molecule has 0 aromatic rings. The molecule has 0 aromatic carbocycles. The Morgan fingerprint density at radius 3 is 1.22 bits per heavy atom. The molecular weight excluding hydrogens is 601 g/mol. The predicted molar refractivity (Wildman–Crippen MR) is 85.5 cm³/mol. The number of sulfonamides is 1. The number of alkyl halides is 17. The summed E-state index contributed by atoms with van der Waals surface area (Å²) in [6.07, 6.45) is -6.74. The summed E-state index contributed by atoms with van der Waals surface area (Å²) in [6, 6.07) is 0. The highest BCUT2D eigenvalue weighted by molar-refractivity contribution is 7.90. The number of hydrogen-bond acceptors (Lipinski definition) is 4. The molecule has 0 aromatic heterocycles. The molecule has 0 aliphatic carbocycles. The molecule has 0 fully saturated rings. The largest absolute Gasteiger partial charge is 0.466 e. The summed E-state index contributed by atoms with van der Waals surface area (Å²) in [5, 5.41) is -7.50. The summed E-state index contributed by atoms with van der Waals surface area (Å²) in [4.78, 5) is 9.84. The van der Waals surface area contributed by atoms with Gasteiger partial charge in [0.1, 0.15) is 0 Å². The first-order valence-electron chi connectivity index (χ1n) is 8.28. The van der Waals surface area contributed by atoms with Crippen LogP contribution in [-0.2, 0) is 19.6 Å². The van der Waals surface area contributed by atoms with E-state index in [1.807, 2.05) is 0 Å². The van der Waals surface area contributed by atoms with Crippen molar-refractivity contribution in [3.05, 3.63) is 12.7 Å². The average molecular weight is 613 g/mol. The molecule has 0 rings (SSSR count). The first-order chi connectivity index (χ1) is 15.9. The third kappa shape index (κ3) is 5.70. The highest BCUT2D eigenvalue weighted by Gasteiger charge is 2.96. The minimum absolute atomic E-state index is 0.365. The number of esters is 1. The minimum Gasteiger partial charge on any atom is -0.466 e. The molecule has 0 heterocycles. The van der Waals surface area contributed by atoms with Crippen molar-refractivity contribution in [3.8, 4) is 0 Å². The van der Waals surface area contributed by atoms with Crippen molar-refractivity contribution in [2.45, 2.75) is 53.9 Å². The predicted octanol–water partition coefficient (Wildman–Crippen LogP) is 5.24. The van der Waals surface area contributed by atoms with Crippen LogP contribution in [0.2, 0.25) is 0 Å². The smallest absolute Gasteiger partial charge is 0.460 e. The van der Waals surface area contributed by atoms with E-state index in [1.165, 1.54) is 7.11 Å². The van der Waals surface area contributed by atoms with Crippen LogP contribution in [0, 0.1) is 0 Å². The number of ether oxygens (including phenoxy) is 1. The molecule has 0 spiro atoms. The van der Waals surface area contributed by atoms with Crippen molar-refractivity contribution in [1.82, 2.24) is 4.72 Å². The maximum atomic E-state index is 13.4. The monoisotopic (exact) mass is 613 g/mol. The highest BCUT2D eigenvalue weighted by atomic mass is 32.2. The molecule has 0 saturated carbocycles. The Hall–Kier alpha value is -2.07. The number of carbonyl (C=O) groups excluding carboxylic acids is 1. The van der Waals surface area contributed by atoms with Gasteiger partial charge in [0, 0.05) is 12.6 Å². The summed E-state index contributed by atoms with van der Waals surface area (Å²) < 4.78 is 246. The van der Waals surface area contributed by atoms with Gasteiger partial charge in [0.15, 0.2) is 0 Å². The van der Waals surface area contributed by atoms with Crippen LogP contribution in [-0.4, -0.2) is 75.0 Å². The van der Waals surface area contributed by atoms with Crippen LogP contribution >= 0.6 is 0 Å². The lowest BCUT2D eigenvalue weighted by atomic mass is 9.91. The second kappa shape index (κ2) is 10.6. The van der Waals surface area contributed by atoms with Crippen LogP contribution in [0.3, 0.4) is 0 Å². The summed E-state index contributed by atoms with van der Waals surface area (Å²) in [5.74, 6) is -51.8. The van der Waals surface area contributed by atoms with Crippen molar-refractivity contribution in [3.63, 3.8) is 0 Å². The van der Waals surface area contributed by atoms with Gasteiger partial charge < -0.3 is 4.74 Å². The normalized spacial score (nSPS) is 15.0. The van der Waals surface area contributed by atoms with Crippen LogP contribution in [0.25, 0.3) is 0 Å². The van der Waals surface area contributed by atoms with E-state index in [4.69, 9.17) is 0 Å². The van der Waals surface area contributed by atoms with E-state index < -0.39 is 69.5 Å². The Kier molecular flexibility index (Phi) is 10.6. The summed E-state index contributed by atoms with van der Waals surface area (Å²) >= 11 is 0. The van der Waals surface area contributed by atoms with E-state index in [2.05, 4.69) is 11.3 Å². The second-order valence-corrected chi connectivity index (χ2v) is 8.00. The molecule has 0 radical (unpaired) electrons. The van der Waals surface area contributed by atoms with Gasteiger partial charge in [-0.3, -0.25) is 0 Å². The second-order valence-electron chi connectivity index (χ2n) is 6.19. The van der Waals surface area contributed by atoms with Gasteiger partial charge in [-0.05, 0) is 0 Å². The molecule has 0 bridgehead atoms. The zero-order chi connectivity index (χ0) is 30.9. The average Bonchev–Trinajstić information content (AvgIpc) is 2.71. The van der Waals surface area contributed by atoms with Crippen LogP contribution in [0.15, 0.2) is 12.7 Å². The first-order valence-corrected chi connectivity index (χ1v) is 9.76. The van der Waals surface area contributed by atoms with E-state index in [0.717, 1.165) is 6.08 Å². The quantitative estimate of drug-likeness (QED) is 0.208. The third-order valence-corrected chi connectivity index (χ3v) is 5.33. The molecule has 222 valence electrons. The Labute approximate surface area is 194 Å². The van der Waals surface area contributed by atoms with Crippen LogP contribution in [0.1, 0.15) is 6.92 Å². The van der Waals surface area contributed by atoms with Gasteiger partial charge in [-0.15, -0.1) is 0 Å². The fraction of sp³-hybridized carbons (Fsp3) is 0.786. The fourth-order valence-corrected chi connectivity index (χ4v) is 2.71. The Morgan fingerprint density at radius 2 is 1.00 bits per heavy atom. The van der Waals surface area contributed by atoms with E-state index in [9.17, 15) is 87.8 Å². The third-order valence-electron chi connectivity index (χ3n) is 3.73. The number of rotatable bonds is 10. The van der Waals surface area contributed by atoms with Gasteiger partial charge in [0.25, 0.3) is 10.0 Å². The standard InChI is InChI=1S/C10H6F17NO2S.C4H6O2/c1-2-28-31(29,30)10(26,27)8(21,22)6(17,18)4(13,14)3(11,12)5(15,16)7(19,20)9(23,24)25;1-3-4(5)6-2/h28H,2H2,1H3;3H,1H2,2H3. The number of hydrogen-bond donors (Lipinski definition) is 1. The molecule has 0 aliphatic rings. The van der Waals surface area contributed by atoms with E-state index in [0.29, 0.717) is 11.6 Å². The van der Waals surface area contributed by atoms with Crippen molar-refractivity contribution in [2.24, 2.45) is 0 Å². The molecule has 0 atom stereocenters. The molecule has 1 N–H and O–H groups in total. The van der Waals surface area contributed by atoms with E-state index >= 15 is 0 Å². The van der Waals surface area contributed by atoms with Gasteiger partial charge in [0.2, 0.25) is 0 Å². The maximum Gasteiger partial charge on any atom is 0.460 e. The molecule has 0 aliphatic heterocycles. The number of carbonyl (C=O) groups is 1. The lowest BCUT2D eigenvalue weighted by molar-refractivity contribution is -0.458. The summed E-state index contributed by atoms with van der Waals surface area (Å²) in [7, 11) is -5.84. The van der Waals surface area contributed by atoms with Crippen LogP contribution < -0.4 is 4.72 Å². The van der Waals surface area contributed by atoms with Crippen molar-refractivity contribution >= 4 is 16.0 Å². The van der Waals surface area contributed by atoms with Crippen LogP contribution in [0.4, 0.5) is 74.6 Å². The van der Waals surface area contributed by atoms with Crippen LogP contribution in [0.5, 0.6) is 0 Å². The molecule has 5 nitrogen and oxygen atoms in total. The number of halogens is 17. The lowest BCUT2D eigenvalue weighted by Gasteiger charge is -2.42. The topological polar surface area (TPSA) is 72.5 Å². The first kappa shape index (κ1) is 37.1. The lowest BCUT2D eigenvalue weighted by Crippen LogP contribution is -2.75. The highest BCUT2D eigenvalue weighted by Crippen LogP contribution is 2.64. The molecule has 0 saturated heterocycles. The Morgan fingerprint density at radius 1 is 0.703 bits per heavy atom. The Balaban J connectivity index is 0. The van der Waals surface area contributed by atoms with Gasteiger partial charge in [-0.1, -0.05) is 13.5 Å². The van der Waals surface area contributed by atoms with Crippen molar-refractivity contribution < 1.29 is 92.6 Å². The molecular formula is C14H12F17NO4S. The number of nitrogens with one attached hydrogen (secondary N) is 1. The fourth-order valence-electron chi connectivity index (χ4n) is 1.68. The van der Waals surface area contributed by atoms with E-state index in [-0.39, 0.29) is 0 Å². The van der Waals surface area contributed by atoms with Gasteiger partial charge in [-0.2, -0.15) is 74.6 Å². The molecule has 0 amide bonds. The van der Waals surface area contributed by atoms with Gasteiger partial charge in [0.05, 0.1) is 7.11 Å². The van der Waals surface area contributed by atoms with Crippen molar-refractivity contribution in [2.75, 3.05) is 13.7 Å². The minimum atomic E-state index is -8.81. The molecule has 23 heteroatoms. The molecule has 0 unspecified atom stereocenters. The Bertz CT molecular complexity index is 927. The van der Waals surface area contributed by atoms with Gasteiger partial charge >= 0.3 is 52.9 Å². The van der Waals surface area contributed by atoms with Crippen molar-refractivity contribution in [1.29, 1.82) is 0 Å². The number of methoxy groups -OCH3 is 1.